The third kappa shape index (κ3) is 3.00. The summed E-state index contributed by atoms with van der Waals surface area (Å²) in [6.45, 7) is 2.92. The zero-order chi connectivity index (χ0) is 13.0. The van der Waals surface area contributed by atoms with E-state index in [9.17, 15) is 0 Å². The second-order valence-electron chi connectivity index (χ2n) is 4.63. The molecule has 0 fully saturated rings. The lowest BCUT2D eigenvalue weighted by Crippen LogP contribution is -2.12. The average molecular weight is 241 g/mol. The van der Waals surface area contributed by atoms with Crippen molar-refractivity contribution in [3.63, 3.8) is 0 Å². The number of benzene rings is 1. The van der Waals surface area contributed by atoms with Gasteiger partial charge in [0.2, 0.25) is 0 Å². The molecule has 0 unspecified atom stereocenters. The fourth-order valence-corrected chi connectivity index (χ4v) is 1.93. The molecule has 2 rings (SSSR count). The standard InChI is InChI=1S/C15H19N3/c1-12-5-4-6-13(9-12)10-17-14-11-16-8-7-15(14)18(2)3/h4-9,11,17H,10H2,1-3H3. The summed E-state index contributed by atoms with van der Waals surface area (Å²) in [6.07, 6.45) is 3.68. The Morgan fingerprint density at radius 1 is 1.22 bits per heavy atom. The first-order valence-corrected chi connectivity index (χ1v) is 6.07. The highest BCUT2D eigenvalue weighted by Gasteiger charge is 2.03. The van der Waals surface area contributed by atoms with Gasteiger partial charge in [-0.15, -0.1) is 0 Å². The minimum atomic E-state index is 0.814. The Kier molecular flexibility index (Phi) is 3.82. The predicted molar refractivity (Wildman–Crippen MR) is 77.1 cm³/mol. The van der Waals surface area contributed by atoms with Crippen LogP contribution in [0.3, 0.4) is 0 Å². The maximum Gasteiger partial charge on any atom is 0.0766 e. The Bertz CT molecular complexity index is 521. The van der Waals surface area contributed by atoms with E-state index in [0.717, 1.165) is 17.9 Å². The van der Waals surface area contributed by atoms with E-state index in [4.69, 9.17) is 0 Å². The van der Waals surface area contributed by atoms with Crippen LogP contribution in [-0.4, -0.2) is 19.1 Å². The molecule has 0 atom stereocenters. The van der Waals surface area contributed by atoms with Gasteiger partial charge in [0.1, 0.15) is 0 Å². The molecule has 0 radical (unpaired) electrons. The molecule has 18 heavy (non-hydrogen) atoms. The Morgan fingerprint density at radius 3 is 2.78 bits per heavy atom. The van der Waals surface area contributed by atoms with Gasteiger partial charge in [0.15, 0.2) is 0 Å². The lowest BCUT2D eigenvalue weighted by Gasteiger charge is -2.17. The Hall–Kier alpha value is -2.03. The van der Waals surface area contributed by atoms with Crippen LogP contribution in [0, 0.1) is 6.92 Å². The van der Waals surface area contributed by atoms with Gasteiger partial charge in [0.25, 0.3) is 0 Å². The fourth-order valence-electron chi connectivity index (χ4n) is 1.93. The van der Waals surface area contributed by atoms with Gasteiger partial charge in [-0.25, -0.2) is 0 Å². The van der Waals surface area contributed by atoms with Crippen molar-refractivity contribution in [3.05, 3.63) is 53.9 Å². The van der Waals surface area contributed by atoms with Crippen molar-refractivity contribution in [2.24, 2.45) is 0 Å². The van der Waals surface area contributed by atoms with E-state index in [-0.39, 0.29) is 0 Å². The SMILES string of the molecule is Cc1cccc(CNc2cnccc2N(C)C)c1. The van der Waals surface area contributed by atoms with E-state index >= 15 is 0 Å². The minimum absolute atomic E-state index is 0.814. The predicted octanol–water partition coefficient (Wildman–Crippen LogP) is 3.07. The summed E-state index contributed by atoms with van der Waals surface area (Å²) in [4.78, 5) is 6.25. The summed E-state index contributed by atoms with van der Waals surface area (Å²) in [5.41, 5.74) is 4.78. The third-order valence-corrected chi connectivity index (χ3v) is 2.85. The number of anilines is 2. The zero-order valence-electron chi connectivity index (χ0n) is 11.1. The molecule has 3 heteroatoms. The van der Waals surface area contributed by atoms with Crippen LogP contribution in [0.15, 0.2) is 42.7 Å². The number of rotatable bonds is 4. The quantitative estimate of drug-likeness (QED) is 0.891. The molecular weight excluding hydrogens is 222 g/mol. The molecule has 0 saturated carbocycles. The number of pyridine rings is 1. The van der Waals surface area contributed by atoms with E-state index in [1.165, 1.54) is 11.1 Å². The molecule has 0 amide bonds. The molecule has 1 N–H and O–H groups in total. The summed E-state index contributed by atoms with van der Waals surface area (Å²) in [7, 11) is 4.07. The molecule has 3 nitrogen and oxygen atoms in total. The summed E-state index contributed by atoms with van der Waals surface area (Å²) < 4.78 is 0. The van der Waals surface area contributed by atoms with Crippen molar-refractivity contribution in [3.8, 4) is 0 Å². The molecule has 0 aliphatic rings. The van der Waals surface area contributed by atoms with Gasteiger partial charge < -0.3 is 10.2 Å². The van der Waals surface area contributed by atoms with Crippen molar-refractivity contribution >= 4 is 11.4 Å². The molecule has 0 saturated heterocycles. The molecule has 0 aliphatic carbocycles. The number of aromatic nitrogens is 1. The van der Waals surface area contributed by atoms with Crippen molar-refractivity contribution in [2.45, 2.75) is 13.5 Å². The molecule has 0 aliphatic heterocycles. The highest BCUT2D eigenvalue weighted by atomic mass is 15.1. The number of hydrogen-bond acceptors (Lipinski definition) is 3. The van der Waals surface area contributed by atoms with Gasteiger partial charge in [-0.3, -0.25) is 4.98 Å². The average Bonchev–Trinajstić information content (AvgIpc) is 2.37. The Morgan fingerprint density at radius 2 is 2.06 bits per heavy atom. The van der Waals surface area contributed by atoms with Crippen molar-refractivity contribution in [1.82, 2.24) is 4.98 Å². The van der Waals surface area contributed by atoms with Crippen LogP contribution in [-0.2, 0) is 6.54 Å². The molecule has 1 heterocycles. The van der Waals surface area contributed by atoms with Gasteiger partial charge >= 0.3 is 0 Å². The van der Waals surface area contributed by atoms with Crippen LogP contribution in [0.5, 0.6) is 0 Å². The molecule has 1 aromatic heterocycles. The van der Waals surface area contributed by atoms with Crippen LogP contribution in [0.25, 0.3) is 0 Å². The van der Waals surface area contributed by atoms with E-state index in [1.54, 1.807) is 0 Å². The van der Waals surface area contributed by atoms with Crippen LogP contribution < -0.4 is 10.2 Å². The maximum absolute atomic E-state index is 4.17. The van der Waals surface area contributed by atoms with Gasteiger partial charge in [-0.05, 0) is 18.6 Å². The second-order valence-corrected chi connectivity index (χ2v) is 4.63. The van der Waals surface area contributed by atoms with Gasteiger partial charge in [-0.1, -0.05) is 29.8 Å². The molecule has 2 aromatic rings. The highest BCUT2D eigenvalue weighted by Crippen LogP contribution is 2.22. The van der Waals surface area contributed by atoms with E-state index in [1.807, 2.05) is 32.6 Å². The van der Waals surface area contributed by atoms with Crippen LogP contribution in [0.4, 0.5) is 11.4 Å². The van der Waals surface area contributed by atoms with Crippen LogP contribution in [0.2, 0.25) is 0 Å². The third-order valence-electron chi connectivity index (χ3n) is 2.85. The molecule has 1 aromatic carbocycles. The van der Waals surface area contributed by atoms with E-state index in [2.05, 4.69) is 46.4 Å². The van der Waals surface area contributed by atoms with Crippen LogP contribution in [0.1, 0.15) is 11.1 Å². The van der Waals surface area contributed by atoms with Gasteiger partial charge in [0, 0.05) is 26.8 Å². The fraction of sp³-hybridized carbons (Fsp3) is 0.267. The molecule has 0 bridgehead atoms. The lowest BCUT2D eigenvalue weighted by atomic mass is 10.1. The number of nitrogens with one attached hydrogen (secondary N) is 1. The summed E-state index contributed by atoms with van der Waals surface area (Å²) >= 11 is 0. The van der Waals surface area contributed by atoms with Crippen LogP contribution >= 0.6 is 0 Å². The van der Waals surface area contributed by atoms with Crippen molar-refractivity contribution in [2.75, 3.05) is 24.3 Å². The first-order chi connectivity index (χ1) is 8.66. The first kappa shape index (κ1) is 12.4. The van der Waals surface area contributed by atoms with Crippen molar-refractivity contribution < 1.29 is 0 Å². The smallest absolute Gasteiger partial charge is 0.0766 e. The number of aryl methyl sites for hydroxylation is 1. The van der Waals surface area contributed by atoms with E-state index < -0.39 is 0 Å². The maximum atomic E-state index is 4.17. The van der Waals surface area contributed by atoms with Gasteiger partial charge in [-0.2, -0.15) is 0 Å². The molecule has 0 spiro atoms. The number of hydrogen-bond donors (Lipinski definition) is 1. The molecule has 94 valence electrons. The number of nitrogens with zero attached hydrogens (tertiary/aromatic N) is 2. The minimum Gasteiger partial charge on any atom is -0.378 e. The van der Waals surface area contributed by atoms with Crippen molar-refractivity contribution in [1.29, 1.82) is 0 Å². The monoisotopic (exact) mass is 241 g/mol. The molecular formula is C15H19N3. The normalized spacial score (nSPS) is 10.2. The Balaban J connectivity index is 2.11. The Labute approximate surface area is 108 Å². The highest BCUT2D eigenvalue weighted by molar-refractivity contribution is 5.68. The topological polar surface area (TPSA) is 28.2 Å². The largest absolute Gasteiger partial charge is 0.378 e. The summed E-state index contributed by atoms with van der Waals surface area (Å²) in [5, 5.41) is 3.43. The summed E-state index contributed by atoms with van der Waals surface area (Å²) in [6, 6.07) is 10.5. The zero-order valence-corrected chi connectivity index (χ0v) is 11.1. The first-order valence-electron chi connectivity index (χ1n) is 6.07. The second kappa shape index (κ2) is 5.54. The van der Waals surface area contributed by atoms with E-state index in [0.29, 0.717) is 0 Å². The lowest BCUT2D eigenvalue weighted by molar-refractivity contribution is 1.08. The van der Waals surface area contributed by atoms with Gasteiger partial charge in [0.05, 0.1) is 17.6 Å². The summed E-state index contributed by atoms with van der Waals surface area (Å²) in [5.74, 6) is 0.